The maximum Gasteiger partial charge on any atom is 0.254 e. The Balaban J connectivity index is 1.91. The SMILES string of the molecule is Cc1cc(C)c2nc(-c3ccc(Cl)cc3)cc(C(=O)N3CCCCC3)c2c1. The third-order valence-corrected chi connectivity index (χ3v) is 5.51. The summed E-state index contributed by atoms with van der Waals surface area (Å²) < 4.78 is 0. The minimum absolute atomic E-state index is 0.113. The molecule has 1 aliphatic rings. The van der Waals surface area contributed by atoms with Crippen molar-refractivity contribution in [2.45, 2.75) is 33.1 Å². The second-order valence-corrected chi connectivity index (χ2v) is 7.83. The van der Waals surface area contributed by atoms with Crippen LogP contribution >= 0.6 is 11.6 Å². The molecule has 0 radical (unpaired) electrons. The van der Waals surface area contributed by atoms with Crippen molar-refractivity contribution in [1.82, 2.24) is 9.88 Å². The van der Waals surface area contributed by atoms with Gasteiger partial charge in [-0.25, -0.2) is 4.98 Å². The molecule has 1 aliphatic heterocycles. The number of amides is 1. The van der Waals surface area contributed by atoms with Gasteiger partial charge in [-0.2, -0.15) is 0 Å². The van der Waals surface area contributed by atoms with Crippen LogP contribution in [0.3, 0.4) is 0 Å². The van der Waals surface area contributed by atoms with E-state index in [1.165, 1.54) is 6.42 Å². The maximum absolute atomic E-state index is 13.4. The summed E-state index contributed by atoms with van der Waals surface area (Å²) in [5.41, 5.74) is 5.66. The highest BCUT2D eigenvalue weighted by molar-refractivity contribution is 6.30. The van der Waals surface area contributed by atoms with Crippen LogP contribution in [0.4, 0.5) is 0 Å². The summed E-state index contributed by atoms with van der Waals surface area (Å²) in [6.45, 7) is 5.80. The number of piperidine rings is 1. The molecule has 1 aromatic heterocycles. The number of nitrogens with zero attached hydrogens (tertiary/aromatic N) is 2. The van der Waals surface area contributed by atoms with E-state index in [4.69, 9.17) is 16.6 Å². The first kappa shape index (κ1) is 18.0. The Hall–Kier alpha value is -2.39. The predicted molar refractivity (Wildman–Crippen MR) is 111 cm³/mol. The molecule has 0 unspecified atom stereocenters. The first-order valence-corrected chi connectivity index (χ1v) is 9.88. The minimum Gasteiger partial charge on any atom is -0.339 e. The van der Waals surface area contributed by atoms with Gasteiger partial charge >= 0.3 is 0 Å². The lowest BCUT2D eigenvalue weighted by Gasteiger charge is -2.27. The van der Waals surface area contributed by atoms with Crippen molar-refractivity contribution >= 4 is 28.4 Å². The first-order valence-electron chi connectivity index (χ1n) is 9.50. The van der Waals surface area contributed by atoms with Crippen molar-refractivity contribution < 1.29 is 4.79 Å². The average Bonchev–Trinajstić information content (AvgIpc) is 2.68. The van der Waals surface area contributed by atoms with E-state index in [2.05, 4.69) is 26.0 Å². The summed E-state index contributed by atoms with van der Waals surface area (Å²) in [6.07, 6.45) is 3.36. The Bertz CT molecular complexity index is 1010. The standard InChI is InChI=1S/C23H23ClN2O/c1-15-12-16(2)22-19(13-15)20(23(27)26-10-4-3-5-11-26)14-21(25-22)17-6-8-18(24)9-7-17/h6-9,12-14H,3-5,10-11H2,1-2H3. The molecule has 27 heavy (non-hydrogen) atoms. The monoisotopic (exact) mass is 378 g/mol. The summed E-state index contributed by atoms with van der Waals surface area (Å²) in [6, 6.07) is 13.8. The van der Waals surface area contributed by atoms with Crippen LogP contribution in [0.1, 0.15) is 40.7 Å². The molecule has 2 heterocycles. The van der Waals surface area contributed by atoms with Crippen molar-refractivity contribution in [3.63, 3.8) is 0 Å². The van der Waals surface area contributed by atoms with Gasteiger partial charge < -0.3 is 4.90 Å². The Labute approximate surface area is 165 Å². The molecule has 3 aromatic rings. The van der Waals surface area contributed by atoms with Crippen LogP contribution in [0.25, 0.3) is 22.2 Å². The molecule has 0 aliphatic carbocycles. The van der Waals surface area contributed by atoms with E-state index in [0.29, 0.717) is 5.02 Å². The quantitative estimate of drug-likeness (QED) is 0.564. The van der Waals surface area contributed by atoms with E-state index in [1.54, 1.807) is 0 Å². The molecule has 138 valence electrons. The van der Waals surface area contributed by atoms with Crippen molar-refractivity contribution in [2.24, 2.45) is 0 Å². The van der Waals surface area contributed by atoms with Gasteiger partial charge in [-0.05, 0) is 62.9 Å². The lowest BCUT2D eigenvalue weighted by atomic mass is 9.98. The van der Waals surface area contributed by atoms with Crippen LogP contribution in [0.15, 0.2) is 42.5 Å². The molecule has 2 aromatic carbocycles. The van der Waals surface area contributed by atoms with Crippen LogP contribution in [-0.4, -0.2) is 28.9 Å². The fourth-order valence-electron chi connectivity index (χ4n) is 3.89. The molecule has 4 rings (SSSR count). The smallest absolute Gasteiger partial charge is 0.254 e. The fraction of sp³-hybridized carbons (Fsp3) is 0.304. The van der Waals surface area contributed by atoms with Gasteiger partial charge in [-0.1, -0.05) is 35.4 Å². The van der Waals surface area contributed by atoms with Crippen molar-refractivity contribution in [3.8, 4) is 11.3 Å². The maximum atomic E-state index is 13.4. The van der Waals surface area contributed by atoms with Gasteiger partial charge in [0.1, 0.15) is 0 Å². The number of hydrogen-bond acceptors (Lipinski definition) is 2. The molecule has 0 N–H and O–H groups in total. The van der Waals surface area contributed by atoms with Gasteiger partial charge in [0, 0.05) is 29.1 Å². The summed E-state index contributed by atoms with van der Waals surface area (Å²) in [4.78, 5) is 20.2. The first-order chi connectivity index (χ1) is 13.0. The molecular weight excluding hydrogens is 356 g/mol. The molecule has 0 spiro atoms. The second-order valence-electron chi connectivity index (χ2n) is 7.39. The fourth-order valence-corrected chi connectivity index (χ4v) is 4.02. The number of aromatic nitrogens is 1. The van der Waals surface area contributed by atoms with Gasteiger partial charge in [0.2, 0.25) is 0 Å². The highest BCUT2D eigenvalue weighted by Crippen LogP contribution is 2.30. The Morgan fingerprint density at radius 2 is 1.70 bits per heavy atom. The number of likely N-dealkylation sites (tertiary alicyclic amines) is 1. The minimum atomic E-state index is 0.113. The molecule has 0 atom stereocenters. The summed E-state index contributed by atoms with van der Waals surface area (Å²) in [5, 5.41) is 1.64. The number of aryl methyl sites for hydroxylation is 2. The zero-order chi connectivity index (χ0) is 19.0. The molecule has 0 saturated carbocycles. The van der Waals surface area contributed by atoms with Gasteiger partial charge in [-0.15, -0.1) is 0 Å². The number of pyridine rings is 1. The van der Waals surface area contributed by atoms with Crippen LogP contribution in [-0.2, 0) is 0 Å². The van der Waals surface area contributed by atoms with Crippen molar-refractivity contribution in [2.75, 3.05) is 13.1 Å². The average molecular weight is 379 g/mol. The Morgan fingerprint density at radius 1 is 1.00 bits per heavy atom. The summed E-state index contributed by atoms with van der Waals surface area (Å²) >= 11 is 6.04. The summed E-state index contributed by atoms with van der Waals surface area (Å²) in [7, 11) is 0. The zero-order valence-corrected chi connectivity index (χ0v) is 16.5. The highest BCUT2D eigenvalue weighted by atomic mass is 35.5. The molecular formula is C23H23ClN2O. The highest BCUT2D eigenvalue weighted by Gasteiger charge is 2.22. The summed E-state index contributed by atoms with van der Waals surface area (Å²) in [5.74, 6) is 0.113. The van der Waals surface area contributed by atoms with Crippen molar-refractivity contribution in [3.05, 3.63) is 64.2 Å². The number of rotatable bonds is 2. The van der Waals surface area contributed by atoms with E-state index < -0.39 is 0 Å². The third kappa shape index (κ3) is 3.57. The van der Waals surface area contributed by atoms with Crippen LogP contribution in [0, 0.1) is 13.8 Å². The lowest BCUT2D eigenvalue weighted by molar-refractivity contribution is 0.0726. The zero-order valence-electron chi connectivity index (χ0n) is 15.8. The van der Waals surface area contributed by atoms with E-state index in [1.807, 2.05) is 35.2 Å². The Kier molecular flexibility index (Phi) is 4.88. The van der Waals surface area contributed by atoms with E-state index >= 15 is 0 Å². The van der Waals surface area contributed by atoms with E-state index in [0.717, 1.165) is 64.8 Å². The predicted octanol–water partition coefficient (Wildman–Crippen LogP) is 5.80. The van der Waals surface area contributed by atoms with E-state index in [9.17, 15) is 4.79 Å². The van der Waals surface area contributed by atoms with Gasteiger partial charge in [-0.3, -0.25) is 4.79 Å². The number of carbonyl (C=O) groups is 1. The van der Waals surface area contributed by atoms with E-state index in [-0.39, 0.29) is 5.91 Å². The van der Waals surface area contributed by atoms with Gasteiger partial charge in [0.25, 0.3) is 5.91 Å². The largest absolute Gasteiger partial charge is 0.339 e. The number of halogens is 1. The second kappa shape index (κ2) is 7.32. The topological polar surface area (TPSA) is 33.2 Å². The number of hydrogen-bond donors (Lipinski definition) is 0. The Morgan fingerprint density at radius 3 is 2.41 bits per heavy atom. The molecule has 1 saturated heterocycles. The number of fused-ring (bicyclic) bond motifs is 1. The van der Waals surface area contributed by atoms with Gasteiger partial charge in [0.15, 0.2) is 0 Å². The van der Waals surface area contributed by atoms with Gasteiger partial charge in [0.05, 0.1) is 16.8 Å². The molecule has 4 heteroatoms. The molecule has 3 nitrogen and oxygen atoms in total. The normalized spacial score (nSPS) is 14.6. The molecule has 1 amide bonds. The molecule has 1 fully saturated rings. The van der Waals surface area contributed by atoms with Crippen LogP contribution in [0.5, 0.6) is 0 Å². The number of carbonyl (C=O) groups excluding carboxylic acids is 1. The van der Waals surface area contributed by atoms with Crippen molar-refractivity contribution in [1.29, 1.82) is 0 Å². The third-order valence-electron chi connectivity index (χ3n) is 5.26. The number of benzene rings is 2. The lowest BCUT2D eigenvalue weighted by Crippen LogP contribution is -2.35. The van der Waals surface area contributed by atoms with Crippen LogP contribution < -0.4 is 0 Å². The van der Waals surface area contributed by atoms with Crippen LogP contribution in [0.2, 0.25) is 5.02 Å². The molecule has 0 bridgehead atoms.